The Hall–Kier alpha value is -1.85. The molecule has 1 atom stereocenters. The molecular weight excluding hydrogens is 757 g/mol. The summed E-state index contributed by atoms with van der Waals surface area (Å²) in [6.45, 7) is 6.65. The first-order valence-corrected chi connectivity index (χ1v) is 27.2. The third kappa shape index (κ3) is 49.0. The Morgan fingerprint density at radius 2 is 0.541 bits per heavy atom. The topological polar surface area (TPSA) is 78.9 Å². The van der Waals surface area contributed by atoms with Gasteiger partial charge in [0.1, 0.15) is 13.2 Å². The molecule has 0 aliphatic heterocycles. The first kappa shape index (κ1) is 59.1. The molecule has 6 heteroatoms. The molecule has 0 aromatic carbocycles. The van der Waals surface area contributed by atoms with E-state index >= 15 is 0 Å². The number of carbonyl (C=O) groups excluding carboxylic acids is 3. The number of rotatable bonds is 50. The van der Waals surface area contributed by atoms with Crippen molar-refractivity contribution in [1.29, 1.82) is 0 Å². The second-order valence-electron chi connectivity index (χ2n) is 18.5. The lowest BCUT2D eigenvalue weighted by Gasteiger charge is -2.18. The van der Waals surface area contributed by atoms with Gasteiger partial charge in [-0.05, 0) is 44.9 Å². The van der Waals surface area contributed by atoms with E-state index in [4.69, 9.17) is 14.2 Å². The maximum absolute atomic E-state index is 12.8. The van der Waals surface area contributed by atoms with Crippen LogP contribution in [0.2, 0.25) is 0 Å². The van der Waals surface area contributed by atoms with Gasteiger partial charge in [0.05, 0.1) is 0 Å². The number of hydrogen-bond acceptors (Lipinski definition) is 6. The Bertz CT molecular complexity index is 947. The maximum atomic E-state index is 12.8. The summed E-state index contributed by atoms with van der Waals surface area (Å²) in [4.78, 5) is 38.0. The molecule has 0 N–H and O–H groups in total. The average Bonchev–Trinajstić information content (AvgIpc) is 3.26. The van der Waals surface area contributed by atoms with Crippen LogP contribution in [-0.4, -0.2) is 37.2 Å². The van der Waals surface area contributed by atoms with Crippen molar-refractivity contribution >= 4 is 17.9 Å². The Kier molecular flexibility index (Phi) is 49.3. The van der Waals surface area contributed by atoms with Gasteiger partial charge in [-0.25, -0.2) is 0 Å². The monoisotopic (exact) mass is 861 g/mol. The summed E-state index contributed by atoms with van der Waals surface area (Å²) < 4.78 is 16.8. The van der Waals surface area contributed by atoms with Crippen LogP contribution in [0.25, 0.3) is 0 Å². The molecule has 0 spiro atoms. The summed E-state index contributed by atoms with van der Waals surface area (Å²) in [5, 5.41) is 0. The minimum atomic E-state index is -0.766. The van der Waals surface area contributed by atoms with Gasteiger partial charge in [0.2, 0.25) is 0 Å². The molecule has 0 heterocycles. The molecule has 0 aromatic rings. The predicted molar refractivity (Wildman–Crippen MR) is 261 cm³/mol. The van der Waals surface area contributed by atoms with Crippen molar-refractivity contribution in [3.8, 4) is 0 Å². The summed E-state index contributed by atoms with van der Waals surface area (Å²) in [6, 6.07) is 0. The summed E-state index contributed by atoms with van der Waals surface area (Å²) in [7, 11) is 0. The van der Waals surface area contributed by atoms with E-state index in [0.717, 1.165) is 64.2 Å². The second-order valence-corrected chi connectivity index (χ2v) is 18.5. The minimum absolute atomic E-state index is 0.0668. The summed E-state index contributed by atoms with van der Waals surface area (Å²) >= 11 is 0. The van der Waals surface area contributed by atoms with Crippen LogP contribution < -0.4 is 0 Å². The zero-order valence-corrected chi connectivity index (χ0v) is 41.2. The number of unbranched alkanes of at least 4 members (excludes halogenated alkanes) is 37. The van der Waals surface area contributed by atoms with Crippen LogP contribution >= 0.6 is 0 Å². The van der Waals surface area contributed by atoms with Crippen LogP contribution in [-0.2, 0) is 28.6 Å². The molecule has 0 unspecified atom stereocenters. The van der Waals surface area contributed by atoms with E-state index in [1.54, 1.807) is 0 Å². The van der Waals surface area contributed by atoms with Crippen LogP contribution in [0.5, 0.6) is 0 Å². The van der Waals surface area contributed by atoms with E-state index < -0.39 is 6.10 Å². The molecule has 61 heavy (non-hydrogen) atoms. The number of allylic oxidation sites excluding steroid dienone is 2. The quantitative estimate of drug-likeness (QED) is 0.0262. The zero-order valence-electron chi connectivity index (χ0n) is 41.2. The van der Waals surface area contributed by atoms with Gasteiger partial charge in [0, 0.05) is 19.3 Å². The Labute approximate surface area is 380 Å². The highest BCUT2D eigenvalue weighted by molar-refractivity contribution is 5.71. The van der Waals surface area contributed by atoms with Gasteiger partial charge in [0.25, 0.3) is 0 Å². The molecule has 0 saturated heterocycles. The number of ether oxygens (including phenoxy) is 3. The van der Waals surface area contributed by atoms with Crippen molar-refractivity contribution < 1.29 is 28.6 Å². The Balaban J connectivity index is 4.31. The molecule has 0 rings (SSSR count). The molecule has 0 aromatic heterocycles. The normalized spacial score (nSPS) is 12.0. The van der Waals surface area contributed by atoms with Gasteiger partial charge >= 0.3 is 17.9 Å². The van der Waals surface area contributed by atoms with Gasteiger partial charge in [-0.15, -0.1) is 0 Å². The molecule has 6 nitrogen and oxygen atoms in total. The first-order valence-electron chi connectivity index (χ1n) is 27.2. The van der Waals surface area contributed by atoms with Crippen LogP contribution in [0.15, 0.2) is 12.2 Å². The van der Waals surface area contributed by atoms with Crippen LogP contribution in [0.1, 0.15) is 303 Å². The van der Waals surface area contributed by atoms with E-state index in [-0.39, 0.29) is 31.1 Å². The van der Waals surface area contributed by atoms with Crippen molar-refractivity contribution in [3.63, 3.8) is 0 Å². The average molecular weight is 861 g/mol. The lowest BCUT2D eigenvalue weighted by molar-refractivity contribution is -0.167. The fourth-order valence-corrected chi connectivity index (χ4v) is 8.14. The zero-order chi connectivity index (χ0) is 44.4. The summed E-state index contributed by atoms with van der Waals surface area (Å²) in [5.41, 5.74) is 0. The maximum Gasteiger partial charge on any atom is 0.306 e. The van der Waals surface area contributed by atoms with E-state index in [9.17, 15) is 14.4 Å². The van der Waals surface area contributed by atoms with Gasteiger partial charge in [-0.1, -0.05) is 251 Å². The van der Waals surface area contributed by atoms with Crippen molar-refractivity contribution in [2.45, 2.75) is 309 Å². The fourth-order valence-electron chi connectivity index (χ4n) is 8.14. The molecule has 0 fully saturated rings. The van der Waals surface area contributed by atoms with Gasteiger partial charge in [0.15, 0.2) is 6.10 Å². The highest BCUT2D eigenvalue weighted by Crippen LogP contribution is 2.17. The highest BCUT2D eigenvalue weighted by Gasteiger charge is 2.19. The van der Waals surface area contributed by atoms with Crippen LogP contribution in [0, 0.1) is 0 Å². The van der Waals surface area contributed by atoms with E-state index in [1.165, 1.54) is 199 Å². The largest absolute Gasteiger partial charge is 0.462 e. The van der Waals surface area contributed by atoms with E-state index in [1.807, 2.05) is 0 Å². The van der Waals surface area contributed by atoms with Crippen LogP contribution in [0.3, 0.4) is 0 Å². The summed E-state index contributed by atoms with van der Waals surface area (Å²) in [5.74, 6) is -0.856. The van der Waals surface area contributed by atoms with Crippen molar-refractivity contribution in [2.75, 3.05) is 13.2 Å². The third-order valence-electron chi connectivity index (χ3n) is 12.3. The molecule has 0 radical (unpaired) electrons. The third-order valence-corrected chi connectivity index (χ3v) is 12.3. The summed E-state index contributed by atoms with van der Waals surface area (Å²) in [6.07, 6.45) is 56.2. The number of hydrogen-bond donors (Lipinski definition) is 0. The molecular formula is C55H104O6. The minimum Gasteiger partial charge on any atom is -0.462 e. The number of carbonyl (C=O) groups is 3. The van der Waals surface area contributed by atoms with Gasteiger partial charge < -0.3 is 14.2 Å². The lowest BCUT2D eigenvalue weighted by atomic mass is 10.0. The smallest absolute Gasteiger partial charge is 0.306 e. The molecule has 0 bridgehead atoms. The van der Waals surface area contributed by atoms with Crippen molar-refractivity contribution in [2.24, 2.45) is 0 Å². The molecule has 0 aliphatic rings. The van der Waals surface area contributed by atoms with Crippen molar-refractivity contribution in [1.82, 2.24) is 0 Å². The van der Waals surface area contributed by atoms with E-state index in [2.05, 4.69) is 32.9 Å². The lowest BCUT2D eigenvalue weighted by Crippen LogP contribution is -2.30. The predicted octanol–water partition coefficient (Wildman–Crippen LogP) is 17.8. The Morgan fingerprint density at radius 1 is 0.311 bits per heavy atom. The fraction of sp³-hybridized carbons (Fsp3) is 0.909. The first-order chi connectivity index (χ1) is 30.0. The standard InChI is InChI=1S/C55H104O6/c1-4-7-10-13-16-19-22-25-27-29-30-33-36-39-42-45-48-54(57)60-51-52(50-59-53(56)47-44-41-38-35-32-24-21-18-15-12-9-6-3)61-55(58)49-46-43-40-37-34-31-28-26-23-20-17-14-11-8-5-2/h18,21,52H,4-17,19-20,22-51H2,1-3H3/b21-18-/t52-/m1/s1. The van der Waals surface area contributed by atoms with Crippen molar-refractivity contribution in [3.05, 3.63) is 12.2 Å². The molecule has 0 aliphatic carbocycles. The molecule has 0 saturated carbocycles. The van der Waals surface area contributed by atoms with Gasteiger partial charge in [-0.2, -0.15) is 0 Å². The SMILES string of the molecule is CCCCC/C=C\CCCCCCCC(=O)OC[C@H](COC(=O)CCCCCCCCCCCCCCCCCC)OC(=O)CCCCCCCCCCCCCCCCC. The van der Waals surface area contributed by atoms with Crippen LogP contribution in [0.4, 0.5) is 0 Å². The molecule has 360 valence electrons. The van der Waals surface area contributed by atoms with E-state index in [0.29, 0.717) is 19.3 Å². The highest BCUT2D eigenvalue weighted by atomic mass is 16.6. The second kappa shape index (κ2) is 50.8. The number of esters is 3. The van der Waals surface area contributed by atoms with Gasteiger partial charge in [-0.3, -0.25) is 14.4 Å². The Morgan fingerprint density at radius 3 is 0.852 bits per heavy atom. The molecule has 0 amide bonds.